The molecule has 1 aromatic heterocycles. The molecule has 0 saturated heterocycles. The molecule has 0 unspecified atom stereocenters. The van der Waals surface area contributed by atoms with E-state index in [0.717, 1.165) is 70.9 Å². The van der Waals surface area contributed by atoms with Gasteiger partial charge in [0.1, 0.15) is 5.75 Å². The smallest absolute Gasteiger partial charge is 0.119 e. The first kappa shape index (κ1) is 21.0. The van der Waals surface area contributed by atoms with Crippen LogP contribution in [0.4, 0.5) is 5.69 Å². The molecule has 0 aliphatic rings. The van der Waals surface area contributed by atoms with E-state index in [2.05, 4.69) is 24.1 Å². The molecular formula is C22H28ClN3OS. The average Bonchev–Trinajstić information content (AvgIpc) is 2.72. The SMILES string of the molecule is CCN(CC)CCSCCNc1c2ccc(Cl)cc2nc2ccc(OC)cc12. The summed E-state index contributed by atoms with van der Waals surface area (Å²) in [6, 6.07) is 11.9. The Morgan fingerprint density at radius 1 is 1.04 bits per heavy atom. The van der Waals surface area contributed by atoms with Gasteiger partial charge in [-0.3, -0.25) is 0 Å². The van der Waals surface area contributed by atoms with Gasteiger partial charge in [-0.15, -0.1) is 0 Å². The molecular weight excluding hydrogens is 390 g/mol. The van der Waals surface area contributed by atoms with Gasteiger partial charge in [0.25, 0.3) is 0 Å². The van der Waals surface area contributed by atoms with Crippen molar-refractivity contribution in [3.63, 3.8) is 0 Å². The Morgan fingerprint density at radius 3 is 2.61 bits per heavy atom. The standard InChI is InChI=1S/C22H28ClN3OS/c1-4-26(5-2)11-13-28-12-10-24-22-18-8-6-16(23)14-21(18)25-20-9-7-17(27-3)15-19(20)22/h6-9,14-15H,4-5,10-13H2,1-3H3,(H,24,25). The number of ether oxygens (including phenoxy) is 1. The summed E-state index contributed by atoms with van der Waals surface area (Å²) in [5.41, 5.74) is 2.94. The van der Waals surface area contributed by atoms with Gasteiger partial charge in [0.2, 0.25) is 0 Å². The number of hydrogen-bond acceptors (Lipinski definition) is 5. The predicted molar refractivity (Wildman–Crippen MR) is 124 cm³/mol. The highest BCUT2D eigenvalue weighted by Crippen LogP contribution is 2.34. The van der Waals surface area contributed by atoms with Gasteiger partial charge < -0.3 is 15.0 Å². The Bertz CT molecular complexity index is 930. The molecule has 1 heterocycles. The van der Waals surface area contributed by atoms with E-state index in [0.29, 0.717) is 5.02 Å². The van der Waals surface area contributed by atoms with Crippen molar-refractivity contribution in [1.82, 2.24) is 9.88 Å². The third kappa shape index (κ3) is 5.02. The Balaban J connectivity index is 1.77. The summed E-state index contributed by atoms with van der Waals surface area (Å²) in [6.07, 6.45) is 0. The molecule has 1 N–H and O–H groups in total. The van der Waals surface area contributed by atoms with E-state index >= 15 is 0 Å². The second-order valence-electron chi connectivity index (χ2n) is 6.60. The van der Waals surface area contributed by atoms with Crippen LogP contribution in [0.25, 0.3) is 21.8 Å². The lowest BCUT2D eigenvalue weighted by atomic mass is 10.1. The summed E-state index contributed by atoms with van der Waals surface area (Å²) >= 11 is 8.18. The van der Waals surface area contributed by atoms with Crippen molar-refractivity contribution in [3.05, 3.63) is 41.4 Å². The number of anilines is 1. The largest absolute Gasteiger partial charge is 0.497 e. The Kier molecular flexibility index (Phi) is 7.65. The van der Waals surface area contributed by atoms with Crippen LogP contribution in [-0.2, 0) is 0 Å². The van der Waals surface area contributed by atoms with Gasteiger partial charge in [-0.1, -0.05) is 25.4 Å². The maximum atomic E-state index is 6.19. The molecule has 0 saturated carbocycles. The summed E-state index contributed by atoms with van der Waals surface area (Å²) in [7, 11) is 1.69. The van der Waals surface area contributed by atoms with Crippen LogP contribution < -0.4 is 10.1 Å². The van der Waals surface area contributed by atoms with Crippen LogP contribution in [0.1, 0.15) is 13.8 Å². The van der Waals surface area contributed by atoms with Crippen molar-refractivity contribution in [2.24, 2.45) is 0 Å². The minimum absolute atomic E-state index is 0.700. The van der Waals surface area contributed by atoms with E-state index in [4.69, 9.17) is 21.3 Å². The number of aromatic nitrogens is 1. The maximum Gasteiger partial charge on any atom is 0.119 e. The molecule has 0 atom stereocenters. The molecule has 0 aliphatic carbocycles. The zero-order valence-corrected chi connectivity index (χ0v) is 18.4. The van der Waals surface area contributed by atoms with Crippen LogP contribution in [-0.4, -0.2) is 54.7 Å². The molecule has 28 heavy (non-hydrogen) atoms. The van der Waals surface area contributed by atoms with Crippen molar-refractivity contribution >= 4 is 50.9 Å². The molecule has 3 aromatic rings. The fourth-order valence-electron chi connectivity index (χ4n) is 3.30. The van der Waals surface area contributed by atoms with Gasteiger partial charge in [-0.2, -0.15) is 11.8 Å². The molecule has 6 heteroatoms. The van der Waals surface area contributed by atoms with Crippen LogP contribution in [0.3, 0.4) is 0 Å². The van der Waals surface area contributed by atoms with Crippen LogP contribution in [0.5, 0.6) is 5.75 Å². The number of rotatable bonds is 10. The number of hydrogen-bond donors (Lipinski definition) is 1. The second kappa shape index (κ2) is 10.2. The third-order valence-electron chi connectivity index (χ3n) is 4.94. The fraction of sp³-hybridized carbons (Fsp3) is 0.409. The zero-order chi connectivity index (χ0) is 19.9. The van der Waals surface area contributed by atoms with Crippen LogP contribution in [0, 0.1) is 0 Å². The predicted octanol–water partition coefficient (Wildman–Crippen LogP) is 5.54. The van der Waals surface area contributed by atoms with Crippen molar-refractivity contribution in [2.75, 3.05) is 50.1 Å². The number of benzene rings is 2. The quantitative estimate of drug-likeness (QED) is 0.346. The van der Waals surface area contributed by atoms with E-state index in [1.165, 1.54) is 0 Å². The van der Waals surface area contributed by atoms with Gasteiger partial charge in [-0.05, 0) is 49.5 Å². The Hall–Kier alpha value is -1.69. The minimum atomic E-state index is 0.700. The van der Waals surface area contributed by atoms with Crippen LogP contribution in [0.15, 0.2) is 36.4 Å². The fourth-order valence-corrected chi connectivity index (χ4v) is 4.30. The van der Waals surface area contributed by atoms with Gasteiger partial charge in [0.05, 0.1) is 23.8 Å². The van der Waals surface area contributed by atoms with E-state index in [9.17, 15) is 0 Å². The van der Waals surface area contributed by atoms with E-state index in [1.54, 1.807) is 7.11 Å². The average molecular weight is 418 g/mol. The molecule has 0 aliphatic heterocycles. The van der Waals surface area contributed by atoms with E-state index < -0.39 is 0 Å². The Labute approximate surface area is 176 Å². The number of nitrogens with one attached hydrogen (secondary N) is 1. The summed E-state index contributed by atoms with van der Waals surface area (Å²) in [5.74, 6) is 3.05. The third-order valence-corrected chi connectivity index (χ3v) is 6.14. The van der Waals surface area contributed by atoms with E-state index in [1.807, 2.05) is 48.2 Å². The molecule has 2 aromatic carbocycles. The van der Waals surface area contributed by atoms with Crippen molar-refractivity contribution in [2.45, 2.75) is 13.8 Å². The molecule has 0 fully saturated rings. The second-order valence-corrected chi connectivity index (χ2v) is 8.26. The van der Waals surface area contributed by atoms with Crippen LogP contribution in [0.2, 0.25) is 5.02 Å². The van der Waals surface area contributed by atoms with Gasteiger partial charge in [0, 0.05) is 40.4 Å². The van der Waals surface area contributed by atoms with Gasteiger partial charge in [-0.25, -0.2) is 4.98 Å². The molecule has 0 spiro atoms. The number of thioether (sulfide) groups is 1. The van der Waals surface area contributed by atoms with E-state index in [-0.39, 0.29) is 0 Å². The number of pyridine rings is 1. The highest BCUT2D eigenvalue weighted by molar-refractivity contribution is 7.99. The van der Waals surface area contributed by atoms with Crippen molar-refractivity contribution in [3.8, 4) is 5.75 Å². The number of methoxy groups -OCH3 is 1. The first-order chi connectivity index (χ1) is 13.7. The topological polar surface area (TPSA) is 37.4 Å². The van der Waals surface area contributed by atoms with Gasteiger partial charge >= 0.3 is 0 Å². The highest BCUT2D eigenvalue weighted by Gasteiger charge is 2.11. The zero-order valence-electron chi connectivity index (χ0n) is 16.8. The lowest BCUT2D eigenvalue weighted by Crippen LogP contribution is -2.25. The summed E-state index contributed by atoms with van der Waals surface area (Å²) in [4.78, 5) is 7.24. The van der Waals surface area contributed by atoms with Gasteiger partial charge in [0.15, 0.2) is 0 Å². The Morgan fingerprint density at radius 2 is 1.86 bits per heavy atom. The number of halogens is 1. The molecule has 150 valence electrons. The number of fused-ring (bicyclic) bond motifs is 2. The normalized spacial score (nSPS) is 11.5. The lowest BCUT2D eigenvalue weighted by molar-refractivity contribution is 0.324. The molecule has 0 amide bonds. The monoisotopic (exact) mass is 417 g/mol. The first-order valence-electron chi connectivity index (χ1n) is 9.77. The first-order valence-corrected chi connectivity index (χ1v) is 11.3. The molecule has 0 radical (unpaired) electrons. The lowest BCUT2D eigenvalue weighted by Gasteiger charge is -2.17. The van der Waals surface area contributed by atoms with Crippen LogP contribution >= 0.6 is 23.4 Å². The maximum absolute atomic E-state index is 6.19. The van der Waals surface area contributed by atoms with Crippen molar-refractivity contribution in [1.29, 1.82) is 0 Å². The summed E-state index contributed by atoms with van der Waals surface area (Å²) in [5, 5.41) is 6.50. The molecule has 4 nitrogen and oxygen atoms in total. The van der Waals surface area contributed by atoms with Crippen molar-refractivity contribution < 1.29 is 4.74 Å². The highest BCUT2D eigenvalue weighted by atomic mass is 35.5. The number of nitrogens with zero attached hydrogens (tertiary/aromatic N) is 2. The summed E-state index contributed by atoms with van der Waals surface area (Å²) in [6.45, 7) is 8.72. The molecule has 0 bridgehead atoms. The summed E-state index contributed by atoms with van der Waals surface area (Å²) < 4.78 is 5.42. The molecule has 3 rings (SSSR count). The minimum Gasteiger partial charge on any atom is -0.497 e.